The molecule has 0 saturated carbocycles. The van der Waals surface area contributed by atoms with Crippen molar-refractivity contribution >= 4 is 29.5 Å². The van der Waals surface area contributed by atoms with E-state index >= 15 is 0 Å². The Kier molecular flexibility index (Phi) is 5.74. The van der Waals surface area contributed by atoms with Crippen molar-refractivity contribution in [2.45, 2.75) is 32.8 Å². The molecule has 1 aliphatic rings. The minimum atomic E-state index is -1.17. The first kappa shape index (κ1) is 18.4. The maximum atomic E-state index is 12.2. The largest absolute Gasteiger partial charge is 0.452 e. The normalized spacial score (nSPS) is 17.9. The number of rotatable bonds is 5. The van der Waals surface area contributed by atoms with E-state index in [4.69, 9.17) is 10.5 Å². The van der Waals surface area contributed by atoms with Crippen molar-refractivity contribution in [2.75, 3.05) is 11.4 Å². The van der Waals surface area contributed by atoms with Gasteiger partial charge in [-0.2, -0.15) is 0 Å². The minimum absolute atomic E-state index is 0.0124. The van der Waals surface area contributed by atoms with Crippen molar-refractivity contribution < 1.29 is 23.9 Å². The van der Waals surface area contributed by atoms with E-state index in [2.05, 4.69) is 0 Å². The lowest BCUT2D eigenvalue weighted by molar-refractivity contribution is -0.158. The molecule has 134 valence electrons. The Bertz CT molecular complexity index is 686. The summed E-state index contributed by atoms with van der Waals surface area (Å²) in [4.78, 5) is 48.1. The third-order valence-corrected chi connectivity index (χ3v) is 4.02. The Labute approximate surface area is 145 Å². The molecule has 1 aliphatic heterocycles. The van der Waals surface area contributed by atoms with Gasteiger partial charge in [0, 0.05) is 18.7 Å². The molecule has 0 radical (unpaired) electrons. The summed E-state index contributed by atoms with van der Waals surface area (Å²) in [5, 5.41) is 1.84. The molecular weight excluding hydrogens is 326 g/mol. The summed E-state index contributed by atoms with van der Waals surface area (Å²) < 4.78 is 5.03. The highest BCUT2D eigenvalue weighted by atomic mass is 16.5. The highest BCUT2D eigenvalue weighted by molar-refractivity contribution is 6.00. The Morgan fingerprint density at radius 3 is 2.52 bits per heavy atom. The van der Waals surface area contributed by atoms with E-state index in [0.717, 1.165) is 17.7 Å². The van der Waals surface area contributed by atoms with Crippen LogP contribution in [0.2, 0.25) is 0 Å². The molecular formula is C17H21N3O5. The molecule has 25 heavy (non-hydrogen) atoms. The molecule has 0 unspecified atom stereocenters. The topological polar surface area (TPSA) is 119 Å². The zero-order valence-corrected chi connectivity index (χ0v) is 14.2. The number of anilines is 1. The molecule has 3 N–H and O–H groups in total. The predicted molar refractivity (Wildman–Crippen MR) is 89.6 cm³/mol. The molecule has 1 aromatic carbocycles. The van der Waals surface area contributed by atoms with E-state index in [-0.39, 0.29) is 18.9 Å². The van der Waals surface area contributed by atoms with Crippen molar-refractivity contribution in [1.82, 2.24) is 5.32 Å². The van der Waals surface area contributed by atoms with E-state index in [0.29, 0.717) is 0 Å². The number of carbonyl (C=O) groups excluding carboxylic acids is 4. The molecule has 1 aromatic rings. The number of carbonyl (C=O) groups is 4. The van der Waals surface area contributed by atoms with Crippen LogP contribution >= 0.6 is 0 Å². The second-order valence-electron chi connectivity index (χ2n) is 5.86. The average molecular weight is 347 g/mol. The fraction of sp³-hybridized carbons (Fsp3) is 0.412. The minimum Gasteiger partial charge on any atom is -0.452 e. The SMILES string of the molecule is CCc1ccc(N2C[C@@H](C(=O)O[C@@H](C)C(=O)NC(N)=O)CC2=O)cc1. The van der Waals surface area contributed by atoms with Crippen LogP contribution in [0.1, 0.15) is 25.8 Å². The molecule has 0 spiro atoms. The Morgan fingerprint density at radius 1 is 1.32 bits per heavy atom. The van der Waals surface area contributed by atoms with E-state index in [9.17, 15) is 19.2 Å². The van der Waals surface area contributed by atoms with Crippen LogP contribution in [0.5, 0.6) is 0 Å². The number of imide groups is 1. The van der Waals surface area contributed by atoms with Crippen molar-refractivity contribution in [1.29, 1.82) is 0 Å². The lowest BCUT2D eigenvalue weighted by Gasteiger charge is -2.18. The fourth-order valence-electron chi connectivity index (χ4n) is 2.57. The van der Waals surface area contributed by atoms with Gasteiger partial charge in [-0.25, -0.2) is 4.79 Å². The third-order valence-electron chi connectivity index (χ3n) is 4.02. The maximum absolute atomic E-state index is 12.2. The van der Waals surface area contributed by atoms with Gasteiger partial charge in [-0.3, -0.25) is 19.7 Å². The standard InChI is InChI=1S/C17H21N3O5/c1-3-11-4-6-13(7-5-11)20-9-12(8-14(20)21)16(23)25-10(2)15(22)19-17(18)24/h4-7,10,12H,3,8-9H2,1-2H3,(H3,18,19,22,24)/t10-,12-/m0/s1. The van der Waals surface area contributed by atoms with Gasteiger partial charge in [-0.05, 0) is 31.0 Å². The monoisotopic (exact) mass is 347 g/mol. The van der Waals surface area contributed by atoms with E-state index in [1.165, 1.54) is 11.8 Å². The van der Waals surface area contributed by atoms with Gasteiger partial charge in [0.1, 0.15) is 0 Å². The number of ether oxygens (including phenoxy) is 1. The van der Waals surface area contributed by atoms with Gasteiger partial charge in [0.2, 0.25) is 5.91 Å². The van der Waals surface area contributed by atoms with Crippen molar-refractivity contribution in [3.8, 4) is 0 Å². The summed E-state index contributed by atoms with van der Waals surface area (Å²) in [5.41, 5.74) is 6.72. The van der Waals surface area contributed by atoms with E-state index in [1.807, 2.05) is 36.5 Å². The number of urea groups is 1. The van der Waals surface area contributed by atoms with Crippen molar-refractivity contribution in [3.05, 3.63) is 29.8 Å². The molecule has 2 atom stereocenters. The molecule has 0 aromatic heterocycles. The molecule has 1 saturated heterocycles. The lowest BCUT2D eigenvalue weighted by atomic mass is 10.1. The van der Waals surface area contributed by atoms with Crippen LogP contribution in [0.4, 0.5) is 10.5 Å². The third kappa shape index (κ3) is 4.56. The van der Waals surface area contributed by atoms with Crippen molar-refractivity contribution in [2.24, 2.45) is 11.7 Å². The van der Waals surface area contributed by atoms with Crippen LogP contribution in [-0.2, 0) is 25.5 Å². The zero-order chi connectivity index (χ0) is 18.6. The first-order chi connectivity index (χ1) is 11.8. The zero-order valence-electron chi connectivity index (χ0n) is 14.2. The molecule has 8 nitrogen and oxygen atoms in total. The van der Waals surface area contributed by atoms with Gasteiger partial charge < -0.3 is 15.4 Å². The molecule has 8 heteroatoms. The second-order valence-corrected chi connectivity index (χ2v) is 5.86. The Balaban J connectivity index is 1.97. The van der Waals surface area contributed by atoms with Gasteiger partial charge in [-0.15, -0.1) is 0 Å². The smallest absolute Gasteiger partial charge is 0.318 e. The van der Waals surface area contributed by atoms with Crippen LogP contribution in [0.15, 0.2) is 24.3 Å². The maximum Gasteiger partial charge on any atom is 0.318 e. The predicted octanol–water partition coefficient (Wildman–Crippen LogP) is 0.728. The average Bonchev–Trinajstić information content (AvgIpc) is 2.96. The number of nitrogens with two attached hydrogens (primary N) is 1. The lowest BCUT2D eigenvalue weighted by Crippen LogP contribution is -2.42. The number of benzene rings is 1. The molecule has 1 heterocycles. The molecule has 0 aliphatic carbocycles. The van der Waals surface area contributed by atoms with Gasteiger partial charge in [0.25, 0.3) is 5.91 Å². The number of hydrogen-bond acceptors (Lipinski definition) is 5. The summed E-state index contributed by atoms with van der Waals surface area (Å²) >= 11 is 0. The van der Waals surface area contributed by atoms with Gasteiger partial charge >= 0.3 is 12.0 Å². The number of esters is 1. The number of amides is 4. The molecule has 4 amide bonds. The van der Waals surface area contributed by atoms with E-state index in [1.54, 1.807) is 0 Å². The van der Waals surface area contributed by atoms with Crippen LogP contribution in [0.25, 0.3) is 0 Å². The molecule has 2 rings (SSSR count). The Morgan fingerprint density at radius 2 is 1.96 bits per heavy atom. The summed E-state index contributed by atoms with van der Waals surface area (Å²) in [6.45, 7) is 3.55. The summed E-state index contributed by atoms with van der Waals surface area (Å²) in [5.74, 6) is -2.31. The first-order valence-corrected chi connectivity index (χ1v) is 8.02. The van der Waals surface area contributed by atoms with Crippen molar-refractivity contribution in [3.63, 3.8) is 0 Å². The number of hydrogen-bond donors (Lipinski definition) is 2. The van der Waals surface area contributed by atoms with E-state index < -0.39 is 29.9 Å². The highest BCUT2D eigenvalue weighted by Gasteiger charge is 2.37. The summed E-state index contributed by atoms with van der Waals surface area (Å²) in [6.07, 6.45) is -0.263. The van der Waals surface area contributed by atoms with Gasteiger partial charge in [0.15, 0.2) is 6.10 Å². The van der Waals surface area contributed by atoms with Gasteiger partial charge in [-0.1, -0.05) is 19.1 Å². The van der Waals surface area contributed by atoms with Gasteiger partial charge in [0.05, 0.1) is 5.92 Å². The number of primary amides is 1. The van der Waals surface area contributed by atoms with Crippen LogP contribution in [0.3, 0.4) is 0 Å². The number of nitrogens with zero attached hydrogens (tertiary/aromatic N) is 1. The first-order valence-electron chi connectivity index (χ1n) is 8.02. The number of nitrogens with one attached hydrogen (secondary N) is 1. The highest BCUT2D eigenvalue weighted by Crippen LogP contribution is 2.26. The fourth-order valence-corrected chi connectivity index (χ4v) is 2.57. The molecule has 1 fully saturated rings. The quantitative estimate of drug-likeness (QED) is 0.761. The Hall–Kier alpha value is -2.90. The molecule has 0 bridgehead atoms. The second kappa shape index (κ2) is 7.78. The summed E-state index contributed by atoms with van der Waals surface area (Å²) in [6, 6.07) is 6.53. The van der Waals surface area contributed by atoms with Crippen LogP contribution in [-0.4, -0.2) is 36.5 Å². The van der Waals surface area contributed by atoms with Crippen LogP contribution in [0, 0.1) is 5.92 Å². The summed E-state index contributed by atoms with van der Waals surface area (Å²) in [7, 11) is 0. The number of aryl methyl sites for hydroxylation is 1. The van der Waals surface area contributed by atoms with Crippen LogP contribution < -0.4 is 16.0 Å².